The van der Waals surface area contributed by atoms with Crippen LogP contribution >= 0.6 is 0 Å². The van der Waals surface area contributed by atoms with Gasteiger partial charge in [0.2, 0.25) is 0 Å². The summed E-state index contributed by atoms with van der Waals surface area (Å²) < 4.78 is 5.55. The number of aryl methyl sites for hydroxylation is 2. The van der Waals surface area contributed by atoms with Crippen LogP contribution in [-0.4, -0.2) is 18.5 Å². The lowest BCUT2D eigenvalue weighted by Crippen LogP contribution is -2.31. The molecule has 0 amide bonds. The number of ketones is 1. The number of hydrogen-bond donors (Lipinski definition) is 0. The summed E-state index contributed by atoms with van der Waals surface area (Å²) in [4.78, 5) is 12.2. The summed E-state index contributed by atoms with van der Waals surface area (Å²) in [5.74, 6) is 0.403. The molecule has 0 spiro atoms. The van der Waals surface area contributed by atoms with Gasteiger partial charge in [-0.2, -0.15) is 0 Å². The molecule has 0 aliphatic carbocycles. The standard InChI is InChI=1S/C16H24O2/c1-6-18-16(11(2)3)15(17)10-14-8-12(4)7-13(5)9-14/h7-9,11,16H,6,10H2,1-5H3. The number of ether oxygens (including phenoxy) is 1. The van der Waals surface area contributed by atoms with Crippen LogP contribution in [0.25, 0.3) is 0 Å². The van der Waals surface area contributed by atoms with E-state index in [1.165, 1.54) is 11.1 Å². The maximum absolute atomic E-state index is 12.2. The quantitative estimate of drug-likeness (QED) is 0.770. The fourth-order valence-electron chi connectivity index (χ4n) is 2.31. The highest BCUT2D eigenvalue weighted by Crippen LogP contribution is 2.14. The predicted molar refractivity (Wildman–Crippen MR) is 74.9 cm³/mol. The average molecular weight is 248 g/mol. The number of Topliss-reactive ketones (excluding diaryl/α,β-unsaturated/α-hetero) is 1. The smallest absolute Gasteiger partial charge is 0.166 e. The molecular formula is C16H24O2. The van der Waals surface area contributed by atoms with Crippen LogP contribution in [0.15, 0.2) is 18.2 Å². The van der Waals surface area contributed by atoms with Gasteiger partial charge in [-0.15, -0.1) is 0 Å². The summed E-state index contributed by atoms with van der Waals surface area (Å²) in [7, 11) is 0. The van der Waals surface area contributed by atoms with Crippen molar-refractivity contribution in [3.8, 4) is 0 Å². The van der Waals surface area contributed by atoms with Crippen LogP contribution in [-0.2, 0) is 16.0 Å². The molecule has 0 heterocycles. The molecule has 2 heteroatoms. The van der Waals surface area contributed by atoms with Crippen molar-refractivity contribution in [2.75, 3.05) is 6.61 Å². The van der Waals surface area contributed by atoms with E-state index >= 15 is 0 Å². The molecule has 1 unspecified atom stereocenters. The van der Waals surface area contributed by atoms with Crippen LogP contribution in [0.2, 0.25) is 0 Å². The molecule has 0 aliphatic rings. The Morgan fingerprint density at radius 1 is 1.17 bits per heavy atom. The minimum Gasteiger partial charge on any atom is -0.370 e. The van der Waals surface area contributed by atoms with E-state index in [2.05, 4.69) is 32.0 Å². The predicted octanol–water partition coefficient (Wildman–Crippen LogP) is 3.48. The van der Waals surface area contributed by atoms with Crippen molar-refractivity contribution in [1.29, 1.82) is 0 Å². The molecule has 1 atom stereocenters. The van der Waals surface area contributed by atoms with Crippen molar-refractivity contribution in [2.45, 2.75) is 47.1 Å². The highest BCUT2D eigenvalue weighted by atomic mass is 16.5. The van der Waals surface area contributed by atoms with Gasteiger partial charge in [0, 0.05) is 13.0 Å². The molecule has 0 bridgehead atoms. The zero-order valence-corrected chi connectivity index (χ0v) is 12.1. The molecule has 0 aromatic heterocycles. The molecule has 2 nitrogen and oxygen atoms in total. The van der Waals surface area contributed by atoms with Crippen LogP contribution in [0.5, 0.6) is 0 Å². The number of benzene rings is 1. The highest BCUT2D eigenvalue weighted by molar-refractivity contribution is 5.85. The maximum Gasteiger partial charge on any atom is 0.166 e. The van der Waals surface area contributed by atoms with E-state index in [4.69, 9.17) is 4.74 Å². The Bertz CT molecular complexity index is 387. The van der Waals surface area contributed by atoms with Crippen LogP contribution in [0, 0.1) is 19.8 Å². The third-order valence-corrected chi connectivity index (χ3v) is 2.93. The van der Waals surface area contributed by atoms with E-state index in [0.717, 1.165) is 5.56 Å². The Labute approximate surface area is 110 Å². The lowest BCUT2D eigenvalue weighted by atomic mass is 9.96. The molecule has 0 aliphatic heterocycles. The van der Waals surface area contributed by atoms with Crippen molar-refractivity contribution in [3.05, 3.63) is 34.9 Å². The van der Waals surface area contributed by atoms with E-state index in [-0.39, 0.29) is 17.8 Å². The Morgan fingerprint density at radius 2 is 1.72 bits per heavy atom. The van der Waals surface area contributed by atoms with E-state index in [9.17, 15) is 4.79 Å². The van der Waals surface area contributed by atoms with Crippen molar-refractivity contribution < 1.29 is 9.53 Å². The first-order valence-corrected chi connectivity index (χ1v) is 6.65. The molecule has 1 aromatic rings. The van der Waals surface area contributed by atoms with E-state index in [1.54, 1.807) is 0 Å². The minimum atomic E-state index is -0.282. The van der Waals surface area contributed by atoms with Gasteiger partial charge < -0.3 is 4.74 Å². The third-order valence-electron chi connectivity index (χ3n) is 2.93. The van der Waals surface area contributed by atoms with Crippen LogP contribution in [0.3, 0.4) is 0 Å². The fraction of sp³-hybridized carbons (Fsp3) is 0.562. The van der Waals surface area contributed by atoms with Gasteiger partial charge in [-0.1, -0.05) is 43.2 Å². The van der Waals surface area contributed by atoms with Gasteiger partial charge in [0.1, 0.15) is 6.10 Å². The highest BCUT2D eigenvalue weighted by Gasteiger charge is 2.22. The first kappa shape index (κ1) is 14.9. The topological polar surface area (TPSA) is 26.3 Å². The normalized spacial score (nSPS) is 12.8. The van der Waals surface area contributed by atoms with E-state index in [1.807, 2.05) is 20.8 Å². The number of rotatable bonds is 6. The summed E-state index contributed by atoms with van der Waals surface area (Å²) >= 11 is 0. The molecule has 18 heavy (non-hydrogen) atoms. The second-order valence-corrected chi connectivity index (χ2v) is 5.26. The molecule has 1 aromatic carbocycles. The second-order valence-electron chi connectivity index (χ2n) is 5.26. The lowest BCUT2D eigenvalue weighted by Gasteiger charge is -2.19. The van der Waals surface area contributed by atoms with Crippen LogP contribution in [0.4, 0.5) is 0 Å². The van der Waals surface area contributed by atoms with Crippen molar-refractivity contribution in [2.24, 2.45) is 5.92 Å². The van der Waals surface area contributed by atoms with E-state index < -0.39 is 0 Å². The molecule has 0 fully saturated rings. The van der Waals surface area contributed by atoms with Crippen molar-refractivity contribution >= 4 is 5.78 Å². The second kappa shape index (κ2) is 6.69. The summed E-state index contributed by atoms with van der Waals surface area (Å²) in [5.41, 5.74) is 3.49. The summed E-state index contributed by atoms with van der Waals surface area (Å²) in [6.07, 6.45) is 0.182. The monoisotopic (exact) mass is 248 g/mol. The number of carbonyl (C=O) groups is 1. The Kier molecular flexibility index (Phi) is 5.54. The van der Waals surface area contributed by atoms with Gasteiger partial charge in [-0.3, -0.25) is 4.79 Å². The molecule has 0 saturated heterocycles. The van der Waals surface area contributed by atoms with Gasteiger partial charge >= 0.3 is 0 Å². The van der Waals surface area contributed by atoms with Gasteiger partial charge in [-0.25, -0.2) is 0 Å². The lowest BCUT2D eigenvalue weighted by molar-refractivity contribution is -0.132. The van der Waals surface area contributed by atoms with Gasteiger partial charge in [-0.05, 0) is 32.3 Å². The molecule has 0 N–H and O–H groups in total. The largest absolute Gasteiger partial charge is 0.370 e. The molecule has 0 radical (unpaired) electrons. The van der Waals surface area contributed by atoms with Crippen molar-refractivity contribution in [3.63, 3.8) is 0 Å². The zero-order valence-electron chi connectivity index (χ0n) is 12.1. The van der Waals surface area contributed by atoms with E-state index in [0.29, 0.717) is 13.0 Å². The third kappa shape index (κ3) is 4.26. The minimum absolute atomic E-state index is 0.178. The average Bonchev–Trinajstić information content (AvgIpc) is 2.23. The number of hydrogen-bond acceptors (Lipinski definition) is 2. The Balaban J connectivity index is 2.78. The Morgan fingerprint density at radius 3 is 2.17 bits per heavy atom. The first-order chi connectivity index (χ1) is 8.43. The van der Waals surface area contributed by atoms with Crippen LogP contribution < -0.4 is 0 Å². The summed E-state index contributed by atoms with van der Waals surface area (Å²) in [6.45, 7) is 10.7. The van der Waals surface area contributed by atoms with Gasteiger partial charge in [0.05, 0.1) is 0 Å². The molecule has 1 rings (SSSR count). The van der Waals surface area contributed by atoms with Crippen LogP contribution in [0.1, 0.15) is 37.5 Å². The maximum atomic E-state index is 12.2. The molecular weight excluding hydrogens is 224 g/mol. The molecule has 100 valence electrons. The Hall–Kier alpha value is -1.15. The van der Waals surface area contributed by atoms with Gasteiger partial charge in [0.15, 0.2) is 5.78 Å². The first-order valence-electron chi connectivity index (χ1n) is 6.65. The van der Waals surface area contributed by atoms with Crippen molar-refractivity contribution in [1.82, 2.24) is 0 Å². The van der Waals surface area contributed by atoms with Gasteiger partial charge in [0.25, 0.3) is 0 Å². The zero-order chi connectivity index (χ0) is 13.7. The number of carbonyl (C=O) groups excluding carboxylic acids is 1. The summed E-state index contributed by atoms with van der Waals surface area (Å²) in [5, 5.41) is 0. The summed E-state index contributed by atoms with van der Waals surface area (Å²) in [6, 6.07) is 6.28. The SMILES string of the molecule is CCOC(C(=O)Cc1cc(C)cc(C)c1)C(C)C. The fourth-order valence-corrected chi connectivity index (χ4v) is 2.31. The molecule has 0 saturated carbocycles.